The van der Waals surface area contributed by atoms with Crippen LogP contribution in [0, 0.1) is 19.1 Å². The second kappa shape index (κ2) is 11.7. The van der Waals surface area contributed by atoms with Crippen LogP contribution >= 0.6 is 0 Å². The number of para-hydroxylation sites is 1. The number of anilines is 2. The van der Waals surface area contributed by atoms with Gasteiger partial charge >= 0.3 is 0 Å². The van der Waals surface area contributed by atoms with Gasteiger partial charge < -0.3 is 20.5 Å². The highest BCUT2D eigenvalue weighted by molar-refractivity contribution is 6.09. The van der Waals surface area contributed by atoms with Gasteiger partial charge in [0.1, 0.15) is 17.2 Å². The predicted octanol–water partition coefficient (Wildman–Crippen LogP) is 8.02. The number of carbonyl (C=O) groups is 1. The Morgan fingerprint density at radius 1 is 0.951 bits per heavy atom. The standard InChI is InChI=1S/C33H31N4O4/c1-21(2)29-16-15-22(3)17-30(29)41-28-19-25(18-27(20-28)37(39)40)34-33(38)31-23(4)36(26-13-9-6-10-14-26)35-32(31)24-11-7-5-8-12-24/h5-21,39H,1-4H3,(H,34,38)/q-1. The van der Waals surface area contributed by atoms with Crippen LogP contribution in [0.15, 0.2) is 97.1 Å². The third-order valence-corrected chi connectivity index (χ3v) is 6.78. The molecule has 8 nitrogen and oxygen atoms in total. The highest BCUT2D eigenvalue weighted by Gasteiger charge is 2.24. The van der Waals surface area contributed by atoms with Crippen LogP contribution in [0.25, 0.3) is 16.9 Å². The third kappa shape index (κ3) is 5.99. The number of ether oxygens (including phenoxy) is 1. The molecule has 5 rings (SSSR count). The molecule has 5 aromatic rings. The molecule has 0 aliphatic carbocycles. The zero-order valence-corrected chi connectivity index (χ0v) is 23.3. The quantitative estimate of drug-likeness (QED) is 0.191. The van der Waals surface area contributed by atoms with Crippen molar-refractivity contribution in [1.82, 2.24) is 9.78 Å². The predicted molar refractivity (Wildman–Crippen MR) is 161 cm³/mol. The van der Waals surface area contributed by atoms with Crippen molar-refractivity contribution in [3.8, 4) is 28.4 Å². The highest BCUT2D eigenvalue weighted by atomic mass is 16.8. The minimum absolute atomic E-state index is 0.0865. The number of benzene rings is 4. The lowest BCUT2D eigenvalue weighted by Gasteiger charge is -2.23. The van der Waals surface area contributed by atoms with Crippen molar-refractivity contribution in [3.63, 3.8) is 0 Å². The van der Waals surface area contributed by atoms with Crippen LogP contribution < -0.4 is 15.3 Å². The van der Waals surface area contributed by atoms with Gasteiger partial charge in [0, 0.05) is 23.4 Å². The van der Waals surface area contributed by atoms with E-state index in [-0.39, 0.29) is 22.5 Å². The highest BCUT2D eigenvalue weighted by Crippen LogP contribution is 2.35. The molecule has 0 aliphatic rings. The van der Waals surface area contributed by atoms with E-state index in [0.29, 0.717) is 28.5 Å². The maximum Gasteiger partial charge on any atom is 0.259 e. The number of nitrogens with zero attached hydrogens (tertiary/aromatic N) is 3. The lowest BCUT2D eigenvalue weighted by molar-refractivity contribution is 0.102. The maximum absolute atomic E-state index is 13.9. The van der Waals surface area contributed by atoms with Crippen LogP contribution in [0.3, 0.4) is 0 Å². The molecule has 0 radical (unpaired) electrons. The van der Waals surface area contributed by atoms with Gasteiger partial charge in [-0.1, -0.05) is 74.5 Å². The molecular weight excluding hydrogens is 516 g/mol. The molecule has 0 aliphatic heterocycles. The van der Waals surface area contributed by atoms with Gasteiger partial charge in [0.05, 0.1) is 22.6 Å². The molecule has 0 saturated carbocycles. The number of carbonyl (C=O) groups excluding carboxylic acids is 1. The third-order valence-electron chi connectivity index (χ3n) is 6.78. The summed E-state index contributed by atoms with van der Waals surface area (Å²) in [6.07, 6.45) is 0. The van der Waals surface area contributed by atoms with Crippen molar-refractivity contribution < 1.29 is 14.7 Å². The largest absolute Gasteiger partial charge is 0.733 e. The zero-order chi connectivity index (χ0) is 29.1. The van der Waals surface area contributed by atoms with Gasteiger partial charge in [0.2, 0.25) is 0 Å². The Morgan fingerprint density at radius 3 is 2.29 bits per heavy atom. The summed E-state index contributed by atoms with van der Waals surface area (Å²) < 4.78 is 7.94. The van der Waals surface area contributed by atoms with Crippen LogP contribution in [0.2, 0.25) is 0 Å². The molecule has 41 heavy (non-hydrogen) atoms. The van der Waals surface area contributed by atoms with Gasteiger partial charge in [0.25, 0.3) is 5.91 Å². The van der Waals surface area contributed by atoms with Crippen molar-refractivity contribution in [2.75, 3.05) is 10.5 Å². The van der Waals surface area contributed by atoms with E-state index in [2.05, 4.69) is 19.2 Å². The number of hydrogen-bond donors (Lipinski definition) is 2. The number of aromatic nitrogens is 2. The SMILES string of the molecule is Cc1ccc(C(C)C)c(Oc2cc(NC(=O)c3c(-c4ccccc4)nn(-c4ccccc4)c3C)cc(N([O-])O)c2)c1. The molecule has 208 valence electrons. The Balaban J connectivity index is 1.55. The van der Waals surface area contributed by atoms with Gasteiger partial charge in [-0.3, -0.25) is 10.0 Å². The van der Waals surface area contributed by atoms with E-state index < -0.39 is 5.91 Å². The van der Waals surface area contributed by atoms with E-state index >= 15 is 0 Å². The Morgan fingerprint density at radius 2 is 1.63 bits per heavy atom. The summed E-state index contributed by atoms with van der Waals surface area (Å²) in [7, 11) is 0. The summed E-state index contributed by atoms with van der Waals surface area (Å²) in [6, 6.07) is 29.4. The van der Waals surface area contributed by atoms with Crippen LogP contribution in [0.1, 0.15) is 46.9 Å². The first kappa shape index (κ1) is 27.6. The Bertz CT molecular complexity index is 1680. The van der Waals surface area contributed by atoms with Gasteiger partial charge in [-0.25, -0.2) is 4.68 Å². The average molecular weight is 548 g/mol. The molecule has 1 aromatic heterocycles. The van der Waals surface area contributed by atoms with E-state index in [9.17, 15) is 15.2 Å². The number of amides is 1. The average Bonchev–Trinajstić information content (AvgIpc) is 3.30. The number of rotatable bonds is 8. The van der Waals surface area contributed by atoms with Crippen LogP contribution in [-0.2, 0) is 0 Å². The van der Waals surface area contributed by atoms with Crippen molar-refractivity contribution in [2.45, 2.75) is 33.6 Å². The van der Waals surface area contributed by atoms with E-state index in [1.54, 1.807) is 10.7 Å². The van der Waals surface area contributed by atoms with Gasteiger partial charge in [-0.2, -0.15) is 5.10 Å². The fraction of sp³-hybridized carbons (Fsp3) is 0.152. The lowest BCUT2D eigenvalue weighted by Crippen LogP contribution is -2.15. The lowest BCUT2D eigenvalue weighted by atomic mass is 10.0. The van der Waals surface area contributed by atoms with E-state index in [0.717, 1.165) is 22.4 Å². The molecule has 2 N–H and O–H groups in total. The number of aryl methyl sites for hydroxylation is 1. The number of hydrogen-bond acceptors (Lipinski definition) is 6. The second-order valence-corrected chi connectivity index (χ2v) is 10.2. The molecule has 0 unspecified atom stereocenters. The normalized spacial score (nSPS) is 11.0. The topological polar surface area (TPSA) is 103 Å². The molecule has 4 aromatic carbocycles. The molecule has 8 heteroatoms. The van der Waals surface area contributed by atoms with Crippen molar-refractivity contribution >= 4 is 17.3 Å². The number of nitrogens with one attached hydrogen (secondary N) is 1. The van der Waals surface area contributed by atoms with Gasteiger partial charge in [0.15, 0.2) is 0 Å². The molecule has 0 fully saturated rings. The molecule has 0 saturated heterocycles. The molecule has 1 heterocycles. The van der Waals surface area contributed by atoms with Crippen LogP contribution in [-0.4, -0.2) is 20.9 Å². The molecule has 0 bridgehead atoms. The zero-order valence-electron chi connectivity index (χ0n) is 23.3. The fourth-order valence-corrected chi connectivity index (χ4v) is 4.75. The minimum atomic E-state index is -0.416. The first-order chi connectivity index (χ1) is 19.7. The summed E-state index contributed by atoms with van der Waals surface area (Å²) in [4.78, 5) is 13.9. The smallest absolute Gasteiger partial charge is 0.259 e. The summed E-state index contributed by atoms with van der Waals surface area (Å²) in [5.74, 6) is 0.708. The summed E-state index contributed by atoms with van der Waals surface area (Å²) in [6.45, 7) is 7.93. The van der Waals surface area contributed by atoms with E-state index in [1.807, 2.05) is 92.7 Å². The van der Waals surface area contributed by atoms with Gasteiger partial charge in [-0.15, -0.1) is 0 Å². The molecule has 1 amide bonds. The summed E-state index contributed by atoms with van der Waals surface area (Å²) in [5.41, 5.74) is 5.36. The first-order valence-corrected chi connectivity index (χ1v) is 13.3. The van der Waals surface area contributed by atoms with Gasteiger partial charge in [-0.05, 0) is 55.2 Å². The summed E-state index contributed by atoms with van der Waals surface area (Å²) >= 11 is 0. The van der Waals surface area contributed by atoms with E-state index in [1.165, 1.54) is 12.1 Å². The van der Waals surface area contributed by atoms with Crippen molar-refractivity contribution in [2.24, 2.45) is 0 Å². The summed E-state index contributed by atoms with van der Waals surface area (Å²) in [5, 5.41) is 29.1. The Kier molecular flexibility index (Phi) is 7.87. The van der Waals surface area contributed by atoms with Crippen molar-refractivity contribution in [3.05, 3.63) is 125 Å². The van der Waals surface area contributed by atoms with Crippen molar-refractivity contribution in [1.29, 1.82) is 0 Å². The second-order valence-electron chi connectivity index (χ2n) is 10.2. The Hall–Kier alpha value is -4.92. The maximum atomic E-state index is 13.9. The fourth-order valence-electron chi connectivity index (χ4n) is 4.75. The monoisotopic (exact) mass is 547 g/mol. The molecule has 0 spiro atoms. The van der Waals surface area contributed by atoms with Crippen LogP contribution in [0.5, 0.6) is 11.5 Å². The Labute approximate surface area is 239 Å². The van der Waals surface area contributed by atoms with E-state index in [4.69, 9.17) is 9.84 Å². The minimum Gasteiger partial charge on any atom is -0.733 e. The molecule has 0 atom stereocenters. The molecular formula is C33H31N4O4-. The van der Waals surface area contributed by atoms with Crippen LogP contribution in [0.4, 0.5) is 11.4 Å². The first-order valence-electron chi connectivity index (χ1n) is 13.3.